The van der Waals surface area contributed by atoms with Gasteiger partial charge in [0.2, 0.25) is 0 Å². The average Bonchev–Trinajstić information content (AvgIpc) is 2.91. The molecule has 0 unspecified atom stereocenters. The Morgan fingerprint density at radius 1 is 0.432 bits per heavy atom. The molecule has 0 aliphatic heterocycles. The van der Waals surface area contributed by atoms with E-state index in [2.05, 4.69) is 0 Å². The zero-order valence-corrected chi connectivity index (χ0v) is 20.2. The summed E-state index contributed by atoms with van der Waals surface area (Å²) < 4.78 is 41.5. The summed E-state index contributed by atoms with van der Waals surface area (Å²) in [6.07, 6.45) is 19.7. The Morgan fingerprint density at radius 3 is 0.838 bits per heavy atom. The predicted molar refractivity (Wildman–Crippen MR) is 125 cm³/mol. The number of carbonyl (C=O) groups excluding carboxylic acids is 4. The minimum atomic E-state index is -0.960. The Kier molecular flexibility index (Phi) is 18.9. The maximum atomic E-state index is 11.1. The molecular formula is C25H28O12. The first-order valence-corrected chi connectivity index (χ1v) is 10.7. The zero-order valence-electron chi connectivity index (χ0n) is 20.2. The van der Waals surface area contributed by atoms with Crippen molar-refractivity contribution in [1.82, 2.24) is 0 Å². The molecule has 12 heteroatoms. The number of ether oxygens (including phenoxy) is 8. The van der Waals surface area contributed by atoms with Crippen LogP contribution in [0.3, 0.4) is 0 Å². The van der Waals surface area contributed by atoms with Crippen LogP contribution in [0.25, 0.3) is 0 Å². The highest BCUT2D eigenvalue weighted by atomic mass is 16.6. The molecule has 0 amide bonds. The van der Waals surface area contributed by atoms with Crippen LogP contribution in [-0.4, -0.2) is 103 Å². The molecule has 0 aliphatic rings. The van der Waals surface area contributed by atoms with Crippen LogP contribution in [0, 0.1) is 54.8 Å². The third-order valence-corrected chi connectivity index (χ3v) is 3.95. The van der Waals surface area contributed by atoms with E-state index in [1.54, 1.807) is 23.7 Å². The number of carbonyl (C=O) groups is 4. The Morgan fingerprint density at radius 2 is 0.649 bits per heavy atom. The van der Waals surface area contributed by atoms with Gasteiger partial charge >= 0.3 is 23.9 Å². The van der Waals surface area contributed by atoms with Gasteiger partial charge in [-0.05, 0) is 0 Å². The van der Waals surface area contributed by atoms with Gasteiger partial charge in [-0.25, -0.2) is 19.2 Å². The van der Waals surface area contributed by atoms with Gasteiger partial charge in [0.05, 0.1) is 58.3 Å². The summed E-state index contributed by atoms with van der Waals surface area (Å²) in [5, 5.41) is 0. The van der Waals surface area contributed by atoms with Crippen molar-refractivity contribution in [1.29, 1.82) is 0 Å². The molecule has 0 radical (unpaired) electrons. The molecule has 0 spiro atoms. The summed E-state index contributed by atoms with van der Waals surface area (Å²) in [4.78, 5) is 44.3. The predicted octanol–water partition coefficient (Wildman–Crippen LogP) is -1.26. The van der Waals surface area contributed by atoms with Gasteiger partial charge in [0.25, 0.3) is 0 Å². The molecule has 0 aromatic heterocycles. The van der Waals surface area contributed by atoms with Gasteiger partial charge in [-0.2, -0.15) is 0 Å². The summed E-state index contributed by atoms with van der Waals surface area (Å²) in [7, 11) is 0. The first-order valence-electron chi connectivity index (χ1n) is 10.7. The van der Waals surface area contributed by atoms with Crippen LogP contribution in [-0.2, 0) is 57.1 Å². The Bertz CT molecular complexity index is 747. The monoisotopic (exact) mass is 520 g/mol. The summed E-state index contributed by atoms with van der Waals surface area (Å²) in [5.41, 5.74) is -0.960. The highest BCUT2D eigenvalue weighted by Crippen LogP contribution is 2.21. The quantitative estimate of drug-likeness (QED) is 0.0622. The number of terminal acetylenes is 4. The molecule has 200 valence electrons. The van der Waals surface area contributed by atoms with Crippen molar-refractivity contribution in [3.05, 3.63) is 0 Å². The van der Waals surface area contributed by atoms with Gasteiger partial charge in [-0.1, -0.05) is 0 Å². The SMILES string of the molecule is C#CC(=O)OCCOCC(COCCOC(=O)C#C)(COCCOC(=O)C#C)COCCOC(=O)C#C. The van der Waals surface area contributed by atoms with Crippen LogP contribution in [0.4, 0.5) is 0 Å². The van der Waals surface area contributed by atoms with Crippen molar-refractivity contribution in [2.24, 2.45) is 5.41 Å². The molecule has 0 aromatic rings. The molecule has 0 rings (SSSR count). The van der Waals surface area contributed by atoms with E-state index in [1.807, 2.05) is 0 Å². The van der Waals surface area contributed by atoms with Crippen LogP contribution in [0.1, 0.15) is 0 Å². The second kappa shape index (κ2) is 21.3. The van der Waals surface area contributed by atoms with Crippen molar-refractivity contribution in [2.75, 3.05) is 79.3 Å². The van der Waals surface area contributed by atoms with Gasteiger partial charge in [-0.15, -0.1) is 25.7 Å². The number of rotatable bonds is 20. The standard InChI is InChI=1S/C25H28O12/c1-5-21(26)34-13-9-30-17-25(18-31-10-14-35-22(27)6-2,19-32-11-15-36-23(28)7-3)20-33-12-16-37-24(29)8-4/h1-4H,9-20H2. The first kappa shape index (κ1) is 33.0. The normalized spacial score (nSPS) is 10.1. The van der Waals surface area contributed by atoms with Crippen LogP contribution in [0.5, 0.6) is 0 Å². The molecule has 0 N–H and O–H groups in total. The summed E-state index contributed by atoms with van der Waals surface area (Å²) >= 11 is 0. The minimum Gasteiger partial charge on any atom is -0.454 e. The molecule has 0 aliphatic carbocycles. The van der Waals surface area contributed by atoms with Gasteiger partial charge in [0, 0.05) is 23.7 Å². The number of hydrogen-bond donors (Lipinski definition) is 0. The van der Waals surface area contributed by atoms with E-state index in [0.717, 1.165) is 0 Å². The zero-order chi connectivity index (χ0) is 27.8. The fraction of sp³-hybridized carbons (Fsp3) is 0.520. The Balaban J connectivity index is 5.12. The third kappa shape index (κ3) is 18.0. The highest BCUT2D eigenvalue weighted by molar-refractivity contribution is 5.88. The van der Waals surface area contributed by atoms with E-state index >= 15 is 0 Å². The lowest BCUT2D eigenvalue weighted by molar-refractivity contribution is -0.145. The molecule has 0 fully saturated rings. The third-order valence-electron chi connectivity index (χ3n) is 3.95. The largest absolute Gasteiger partial charge is 0.454 e. The average molecular weight is 520 g/mol. The first-order chi connectivity index (χ1) is 17.8. The molecule has 0 aromatic carbocycles. The van der Waals surface area contributed by atoms with Crippen LogP contribution >= 0.6 is 0 Å². The van der Waals surface area contributed by atoms with Gasteiger partial charge < -0.3 is 37.9 Å². The lowest BCUT2D eigenvalue weighted by atomic mass is 9.92. The van der Waals surface area contributed by atoms with Gasteiger partial charge in [0.1, 0.15) is 26.4 Å². The summed E-state index contributed by atoms with van der Waals surface area (Å²) in [5.74, 6) is 3.87. The number of hydrogen-bond acceptors (Lipinski definition) is 12. The lowest BCUT2D eigenvalue weighted by Gasteiger charge is -2.33. The van der Waals surface area contributed by atoms with Crippen molar-refractivity contribution >= 4 is 23.9 Å². The van der Waals surface area contributed by atoms with Crippen LogP contribution < -0.4 is 0 Å². The second-order valence-corrected chi connectivity index (χ2v) is 6.83. The maximum absolute atomic E-state index is 11.1. The molecule has 0 saturated heterocycles. The topological polar surface area (TPSA) is 142 Å². The highest BCUT2D eigenvalue weighted by Gasteiger charge is 2.33. The van der Waals surface area contributed by atoms with Crippen LogP contribution in [0.2, 0.25) is 0 Å². The molecule has 0 heterocycles. The van der Waals surface area contributed by atoms with E-state index in [0.29, 0.717) is 0 Å². The Labute approximate surface area is 215 Å². The summed E-state index contributed by atoms with van der Waals surface area (Å²) in [6.45, 7) is -0.495. The lowest BCUT2D eigenvalue weighted by Crippen LogP contribution is -2.43. The smallest absolute Gasteiger partial charge is 0.384 e. The van der Waals surface area contributed by atoms with Crippen molar-refractivity contribution in [3.8, 4) is 49.4 Å². The maximum Gasteiger partial charge on any atom is 0.384 e. The van der Waals surface area contributed by atoms with Gasteiger partial charge in [-0.3, -0.25) is 0 Å². The van der Waals surface area contributed by atoms with Crippen molar-refractivity contribution in [3.63, 3.8) is 0 Å². The van der Waals surface area contributed by atoms with E-state index < -0.39 is 29.3 Å². The molecular weight excluding hydrogens is 492 g/mol. The minimum absolute atomic E-state index is 0.00544. The van der Waals surface area contributed by atoms with E-state index in [9.17, 15) is 19.2 Å². The second-order valence-electron chi connectivity index (χ2n) is 6.83. The molecule has 37 heavy (non-hydrogen) atoms. The molecule has 0 bridgehead atoms. The molecule has 12 nitrogen and oxygen atoms in total. The molecule has 0 atom stereocenters. The van der Waals surface area contributed by atoms with Crippen molar-refractivity contribution < 1.29 is 57.1 Å². The molecule has 0 saturated carbocycles. The van der Waals surface area contributed by atoms with Crippen LogP contribution in [0.15, 0.2) is 0 Å². The Hall–Kier alpha value is -4.04. The van der Waals surface area contributed by atoms with Gasteiger partial charge in [0.15, 0.2) is 0 Å². The van der Waals surface area contributed by atoms with E-state index in [4.69, 9.17) is 63.6 Å². The number of esters is 4. The fourth-order valence-electron chi connectivity index (χ4n) is 2.34. The van der Waals surface area contributed by atoms with Crippen molar-refractivity contribution in [2.45, 2.75) is 0 Å². The summed E-state index contributed by atoms with van der Waals surface area (Å²) in [6, 6.07) is 0. The van der Waals surface area contributed by atoms with E-state index in [-0.39, 0.29) is 79.3 Å². The van der Waals surface area contributed by atoms with E-state index in [1.165, 1.54) is 0 Å². The fourth-order valence-corrected chi connectivity index (χ4v) is 2.34.